The molecule has 2 aromatic rings. The van der Waals surface area contributed by atoms with Crippen LogP contribution in [-0.2, 0) is 4.74 Å². The van der Waals surface area contributed by atoms with Gasteiger partial charge in [-0.1, -0.05) is 12.1 Å². The summed E-state index contributed by atoms with van der Waals surface area (Å²) in [5.74, 6) is 0.319. The van der Waals surface area contributed by atoms with Gasteiger partial charge in [-0.2, -0.15) is 0 Å². The summed E-state index contributed by atoms with van der Waals surface area (Å²) in [5.41, 5.74) is 3.58. The van der Waals surface area contributed by atoms with Crippen molar-refractivity contribution < 1.29 is 14.5 Å². The lowest BCUT2D eigenvalue weighted by molar-refractivity contribution is -0.385. The van der Waals surface area contributed by atoms with Crippen LogP contribution in [0.2, 0.25) is 0 Å². The summed E-state index contributed by atoms with van der Waals surface area (Å²) < 4.78 is 5.28. The van der Waals surface area contributed by atoms with Crippen LogP contribution in [0.3, 0.4) is 0 Å². The summed E-state index contributed by atoms with van der Waals surface area (Å²) >= 11 is 0. The second kappa shape index (κ2) is 6.88. The highest BCUT2D eigenvalue weighted by Crippen LogP contribution is 2.45. The molecule has 1 saturated carbocycles. The van der Waals surface area contributed by atoms with E-state index in [0.29, 0.717) is 37.8 Å². The first-order chi connectivity index (χ1) is 12.6. The maximum atomic E-state index is 12.5. The van der Waals surface area contributed by atoms with Crippen molar-refractivity contribution in [1.29, 1.82) is 0 Å². The first-order valence-corrected chi connectivity index (χ1v) is 8.89. The molecule has 6 heteroatoms. The molecule has 0 radical (unpaired) electrons. The summed E-state index contributed by atoms with van der Waals surface area (Å²) in [6.07, 6.45) is 2.02. The van der Waals surface area contributed by atoms with Crippen molar-refractivity contribution in [3.8, 4) is 11.1 Å². The minimum Gasteiger partial charge on any atom is -0.378 e. The van der Waals surface area contributed by atoms with Gasteiger partial charge in [0.2, 0.25) is 0 Å². The van der Waals surface area contributed by atoms with Gasteiger partial charge in [-0.15, -0.1) is 0 Å². The number of rotatable bonds is 4. The zero-order valence-electron chi connectivity index (χ0n) is 14.4. The molecule has 4 rings (SSSR count). The van der Waals surface area contributed by atoms with Gasteiger partial charge in [0.25, 0.3) is 11.6 Å². The summed E-state index contributed by atoms with van der Waals surface area (Å²) in [6, 6.07) is 12.8. The molecule has 2 fully saturated rings. The number of nitro benzene ring substituents is 1. The van der Waals surface area contributed by atoms with Gasteiger partial charge in [-0.25, -0.2) is 0 Å². The fourth-order valence-corrected chi connectivity index (χ4v) is 3.38. The van der Waals surface area contributed by atoms with Gasteiger partial charge >= 0.3 is 0 Å². The number of nitro groups is 1. The average molecular weight is 352 g/mol. The highest BCUT2D eigenvalue weighted by atomic mass is 16.6. The Morgan fingerprint density at radius 1 is 1.04 bits per heavy atom. The van der Waals surface area contributed by atoms with Gasteiger partial charge < -0.3 is 9.64 Å². The van der Waals surface area contributed by atoms with Crippen molar-refractivity contribution in [2.75, 3.05) is 26.3 Å². The number of carbonyl (C=O) groups is 1. The van der Waals surface area contributed by atoms with Crippen LogP contribution in [-0.4, -0.2) is 42.0 Å². The lowest BCUT2D eigenvalue weighted by Crippen LogP contribution is -2.40. The fourth-order valence-electron chi connectivity index (χ4n) is 3.38. The number of hydrogen-bond acceptors (Lipinski definition) is 4. The molecule has 0 bridgehead atoms. The Morgan fingerprint density at radius 2 is 1.69 bits per heavy atom. The van der Waals surface area contributed by atoms with Crippen LogP contribution in [0.15, 0.2) is 42.5 Å². The van der Waals surface area contributed by atoms with Gasteiger partial charge in [0.05, 0.1) is 18.1 Å². The molecule has 26 heavy (non-hydrogen) atoms. The summed E-state index contributed by atoms with van der Waals surface area (Å²) in [6.45, 7) is 2.40. The molecule has 0 aromatic heterocycles. The monoisotopic (exact) mass is 352 g/mol. The van der Waals surface area contributed by atoms with Crippen molar-refractivity contribution >= 4 is 11.6 Å². The first-order valence-electron chi connectivity index (χ1n) is 8.89. The zero-order chi connectivity index (χ0) is 18.1. The largest absolute Gasteiger partial charge is 0.378 e. The van der Waals surface area contributed by atoms with Crippen molar-refractivity contribution in [3.05, 3.63) is 63.7 Å². The summed E-state index contributed by atoms with van der Waals surface area (Å²) in [4.78, 5) is 25.2. The Kier molecular flexibility index (Phi) is 4.42. The smallest absolute Gasteiger partial charge is 0.272 e. The molecule has 1 aliphatic heterocycles. The molecule has 0 spiro atoms. The van der Waals surface area contributed by atoms with Crippen LogP contribution in [0.25, 0.3) is 11.1 Å². The minimum absolute atomic E-state index is 0.0159. The van der Waals surface area contributed by atoms with Crippen LogP contribution in [0.5, 0.6) is 0 Å². The van der Waals surface area contributed by atoms with Crippen LogP contribution < -0.4 is 0 Å². The van der Waals surface area contributed by atoms with Gasteiger partial charge in [0.15, 0.2) is 0 Å². The highest BCUT2D eigenvalue weighted by Gasteiger charge is 2.30. The van der Waals surface area contributed by atoms with E-state index in [1.165, 1.54) is 0 Å². The second-order valence-corrected chi connectivity index (χ2v) is 6.79. The Hall–Kier alpha value is -2.73. The van der Waals surface area contributed by atoms with Crippen LogP contribution in [0.1, 0.15) is 34.7 Å². The van der Waals surface area contributed by atoms with Gasteiger partial charge in [0, 0.05) is 30.3 Å². The highest BCUT2D eigenvalue weighted by molar-refractivity contribution is 5.94. The minimum atomic E-state index is -0.304. The molecule has 0 N–H and O–H groups in total. The van der Waals surface area contributed by atoms with Crippen LogP contribution >= 0.6 is 0 Å². The standard InChI is InChI=1S/C20H20N2O4/c23-20(21-9-11-26-12-10-21)16-5-1-14(2-6-16)17-7-8-19(22(24)25)18(13-17)15-3-4-15/h1-2,5-8,13,15H,3-4,9-12H2. The fraction of sp³-hybridized carbons (Fsp3) is 0.350. The topological polar surface area (TPSA) is 72.7 Å². The molecule has 1 heterocycles. The number of hydrogen-bond donors (Lipinski definition) is 0. The van der Waals surface area contributed by atoms with E-state index >= 15 is 0 Å². The lowest BCUT2D eigenvalue weighted by atomic mass is 9.98. The Bertz CT molecular complexity index is 837. The normalized spacial score (nSPS) is 17.2. The van der Waals surface area contributed by atoms with Crippen LogP contribution in [0.4, 0.5) is 5.69 Å². The Balaban J connectivity index is 1.58. The quantitative estimate of drug-likeness (QED) is 0.622. The maximum absolute atomic E-state index is 12.5. The molecule has 1 saturated heterocycles. The van der Waals surface area contributed by atoms with Crippen molar-refractivity contribution in [2.24, 2.45) is 0 Å². The van der Waals surface area contributed by atoms with Crippen molar-refractivity contribution in [2.45, 2.75) is 18.8 Å². The predicted molar refractivity (Wildman–Crippen MR) is 97.2 cm³/mol. The van der Waals surface area contributed by atoms with Gasteiger partial charge in [-0.05, 0) is 54.2 Å². The predicted octanol–water partition coefficient (Wildman–Crippen LogP) is 3.61. The molecular formula is C20H20N2O4. The summed E-state index contributed by atoms with van der Waals surface area (Å²) in [5, 5.41) is 11.2. The lowest BCUT2D eigenvalue weighted by Gasteiger charge is -2.26. The van der Waals surface area contributed by atoms with Crippen molar-refractivity contribution in [3.63, 3.8) is 0 Å². The van der Waals surface area contributed by atoms with Crippen LogP contribution in [0, 0.1) is 10.1 Å². The number of amides is 1. The average Bonchev–Trinajstić information content (AvgIpc) is 3.53. The SMILES string of the molecule is O=C(c1ccc(-c2ccc([N+](=O)[O-])c(C3CC3)c2)cc1)N1CCOCC1. The molecule has 2 aliphatic rings. The van der Waals surface area contributed by atoms with E-state index in [1.807, 2.05) is 30.3 Å². The van der Waals surface area contributed by atoms with Crippen molar-refractivity contribution in [1.82, 2.24) is 4.90 Å². The summed E-state index contributed by atoms with van der Waals surface area (Å²) in [7, 11) is 0. The number of carbonyl (C=O) groups excluding carboxylic acids is 1. The molecule has 2 aromatic carbocycles. The third-order valence-electron chi connectivity index (χ3n) is 5.00. The van der Waals surface area contributed by atoms with E-state index in [0.717, 1.165) is 29.5 Å². The molecule has 6 nitrogen and oxygen atoms in total. The third kappa shape index (κ3) is 3.32. The Morgan fingerprint density at radius 3 is 2.31 bits per heavy atom. The third-order valence-corrected chi connectivity index (χ3v) is 5.00. The Labute approximate surface area is 151 Å². The van der Waals surface area contributed by atoms with Gasteiger partial charge in [-0.3, -0.25) is 14.9 Å². The molecular weight excluding hydrogens is 332 g/mol. The van der Waals surface area contributed by atoms with E-state index in [1.54, 1.807) is 17.0 Å². The molecule has 0 atom stereocenters. The van der Waals surface area contributed by atoms with E-state index in [4.69, 9.17) is 4.74 Å². The second-order valence-electron chi connectivity index (χ2n) is 6.79. The van der Waals surface area contributed by atoms with Gasteiger partial charge in [0.1, 0.15) is 0 Å². The molecule has 0 unspecified atom stereocenters. The molecule has 134 valence electrons. The molecule has 1 amide bonds. The first kappa shape index (κ1) is 16.7. The maximum Gasteiger partial charge on any atom is 0.272 e. The van der Waals surface area contributed by atoms with E-state index in [-0.39, 0.29) is 16.5 Å². The number of benzene rings is 2. The number of morpholine rings is 1. The zero-order valence-corrected chi connectivity index (χ0v) is 14.4. The number of ether oxygens (including phenoxy) is 1. The number of nitrogens with zero attached hydrogens (tertiary/aromatic N) is 2. The van der Waals surface area contributed by atoms with E-state index in [9.17, 15) is 14.9 Å². The molecule has 1 aliphatic carbocycles. The van der Waals surface area contributed by atoms with E-state index < -0.39 is 0 Å². The van der Waals surface area contributed by atoms with E-state index in [2.05, 4.69) is 0 Å².